The molecule has 3 N–H and O–H groups in total. The molecule has 0 fully saturated rings. The first-order valence-electron chi connectivity index (χ1n) is 10.3. The summed E-state index contributed by atoms with van der Waals surface area (Å²) >= 11 is 9.56. The summed E-state index contributed by atoms with van der Waals surface area (Å²) in [5.74, 6) is -0.759. The zero-order valence-corrected chi connectivity index (χ0v) is 19.8. The van der Waals surface area contributed by atoms with Crippen molar-refractivity contribution in [3.8, 4) is 5.75 Å². The number of para-hydroxylation sites is 1. The van der Waals surface area contributed by atoms with Gasteiger partial charge < -0.3 is 14.8 Å². The van der Waals surface area contributed by atoms with Crippen molar-refractivity contribution in [3.05, 3.63) is 98.9 Å². The highest BCUT2D eigenvalue weighted by Gasteiger charge is 2.20. The van der Waals surface area contributed by atoms with Gasteiger partial charge in [-0.3, -0.25) is 10.1 Å². The Morgan fingerprint density at radius 3 is 2.73 bits per heavy atom. The second-order valence-corrected chi connectivity index (χ2v) is 8.93. The molecule has 4 aromatic rings. The Hall–Kier alpha value is -2.87. The number of nitrogens with one attached hydrogen (secondary N) is 2. The van der Waals surface area contributed by atoms with Crippen molar-refractivity contribution >= 4 is 44.4 Å². The van der Waals surface area contributed by atoms with E-state index < -0.39 is 17.8 Å². The molecule has 0 radical (unpaired) electrons. The van der Waals surface area contributed by atoms with Crippen LogP contribution < -0.4 is 10.1 Å². The monoisotopic (exact) mass is 530 g/mol. The Morgan fingerprint density at radius 2 is 1.94 bits per heavy atom. The molecule has 8 heteroatoms. The first-order chi connectivity index (χ1) is 15.9. The van der Waals surface area contributed by atoms with Crippen molar-refractivity contribution in [2.45, 2.75) is 25.6 Å². The number of rotatable bonds is 9. The van der Waals surface area contributed by atoms with E-state index in [0.29, 0.717) is 17.7 Å². The molecule has 0 spiro atoms. The molecule has 4 rings (SSSR count). The number of halogens is 3. The number of carbonyl (C=O) groups is 1. The van der Waals surface area contributed by atoms with Crippen molar-refractivity contribution in [1.29, 1.82) is 0 Å². The molecule has 0 aliphatic heterocycles. The first-order valence-corrected chi connectivity index (χ1v) is 11.4. The van der Waals surface area contributed by atoms with Gasteiger partial charge in [-0.25, -0.2) is 4.39 Å². The van der Waals surface area contributed by atoms with Gasteiger partial charge in [0.15, 0.2) is 0 Å². The average Bonchev–Trinajstić information content (AvgIpc) is 3.19. The van der Waals surface area contributed by atoms with Crippen molar-refractivity contribution < 1.29 is 19.0 Å². The van der Waals surface area contributed by atoms with E-state index in [0.717, 1.165) is 26.5 Å². The third-order valence-corrected chi connectivity index (χ3v) is 6.20. The highest BCUT2D eigenvalue weighted by molar-refractivity contribution is 9.10. The summed E-state index contributed by atoms with van der Waals surface area (Å²) in [5, 5.41) is 14.2. The number of carboxylic acid groups (broad SMARTS) is 1. The van der Waals surface area contributed by atoms with Crippen LogP contribution in [0.5, 0.6) is 5.75 Å². The maximum Gasteiger partial charge on any atom is 0.321 e. The molecule has 1 unspecified atom stereocenters. The zero-order valence-electron chi connectivity index (χ0n) is 17.4. The summed E-state index contributed by atoms with van der Waals surface area (Å²) in [6, 6.07) is 16.7. The summed E-state index contributed by atoms with van der Waals surface area (Å²) in [5.41, 5.74) is 3.34. The predicted octanol–water partition coefficient (Wildman–Crippen LogP) is 6.09. The predicted molar refractivity (Wildman–Crippen MR) is 130 cm³/mol. The van der Waals surface area contributed by atoms with Gasteiger partial charge in [-0.15, -0.1) is 0 Å². The number of aromatic nitrogens is 1. The number of aliphatic carboxylic acids is 1. The van der Waals surface area contributed by atoms with E-state index in [4.69, 9.17) is 16.3 Å². The first kappa shape index (κ1) is 23.3. The van der Waals surface area contributed by atoms with Crippen LogP contribution in [-0.4, -0.2) is 22.1 Å². The van der Waals surface area contributed by atoms with Crippen LogP contribution in [0.25, 0.3) is 10.9 Å². The van der Waals surface area contributed by atoms with Crippen LogP contribution in [0, 0.1) is 5.82 Å². The summed E-state index contributed by atoms with van der Waals surface area (Å²) in [4.78, 5) is 15.1. The van der Waals surface area contributed by atoms with E-state index in [9.17, 15) is 14.3 Å². The van der Waals surface area contributed by atoms with Gasteiger partial charge in [-0.2, -0.15) is 0 Å². The summed E-state index contributed by atoms with van der Waals surface area (Å²) in [6.45, 7) is 0.441. The minimum atomic E-state index is -0.934. The molecule has 0 saturated carbocycles. The number of H-pyrrole nitrogens is 1. The number of ether oxygens (including phenoxy) is 1. The number of aromatic amines is 1. The van der Waals surface area contributed by atoms with Gasteiger partial charge in [0, 0.05) is 45.7 Å². The minimum absolute atomic E-state index is 0.158. The molecule has 1 atom stereocenters. The largest absolute Gasteiger partial charge is 0.489 e. The molecule has 0 saturated heterocycles. The molecule has 0 aliphatic carbocycles. The Balaban J connectivity index is 1.47. The lowest BCUT2D eigenvalue weighted by molar-refractivity contribution is -0.139. The fourth-order valence-corrected chi connectivity index (χ4v) is 4.25. The molecule has 5 nitrogen and oxygen atoms in total. The zero-order chi connectivity index (χ0) is 23.4. The van der Waals surface area contributed by atoms with Crippen molar-refractivity contribution in [2.75, 3.05) is 0 Å². The molecular formula is C25H21BrClFN2O3. The van der Waals surface area contributed by atoms with Crippen LogP contribution in [0.2, 0.25) is 5.02 Å². The maximum absolute atomic E-state index is 13.3. The summed E-state index contributed by atoms with van der Waals surface area (Å²) in [7, 11) is 0. The van der Waals surface area contributed by atoms with Crippen LogP contribution in [0.3, 0.4) is 0 Å². The lowest BCUT2D eigenvalue weighted by atomic mass is 10.0. The molecule has 0 aliphatic rings. The van der Waals surface area contributed by atoms with E-state index in [1.54, 1.807) is 12.1 Å². The molecule has 33 heavy (non-hydrogen) atoms. The Bertz CT molecular complexity index is 1290. The van der Waals surface area contributed by atoms with Crippen molar-refractivity contribution in [3.63, 3.8) is 0 Å². The molecule has 1 heterocycles. The number of hydrogen-bond donors (Lipinski definition) is 3. The summed E-state index contributed by atoms with van der Waals surface area (Å²) in [6.07, 6.45) is 2.18. The fourth-order valence-electron chi connectivity index (χ4n) is 3.62. The Labute approximate surface area is 203 Å². The molecule has 3 aromatic carbocycles. The highest BCUT2D eigenvalue weighted by Crippen LogP contribution is 2.26. The minimum Gasteiger partial charge on any atom is -0.489 e. The van der Waals surface area contributed by atoms with Gasteiger partial charge in [0.2, 0.25) is 0 Å². The second-order valence-electron chi connectivity index (χ2n) is 7.61. The molecule has 170 valence electrons. The molecule has 0 amide bonds. The third kappa shape index (κ3) is 5.74. The van der Waals surface area contributed by atoms with Gasteiger partial charge in [-0.1, -0.05) is 51.8 Å². The normalized spacial score (nSPS) is 12.1. The van der Waals surface area contributed by atoms with Crippen LogP contribution in [0.15, 0.2) is 71.3 Å². The van der Waals surface area contributed by atoms with E-state index in [-0.39, 0.29) is 18.2 Å². The van der Waals surface area contributed by atoms with Crippen LogP contribution in [0.1, 0.15) is 16.7 Å². The number of carboxylic acids is 1. The van der Waals surface area contributed by atoms with E-state index in [2.05, 4.69) is 26.2 Å². The average molecular weight is 532 g/mol. The Kier molecular flexibility index (Phi) is 7.33. The second kappa shape index (κ2) is 10.4. The smallest absolute Gasteiger partial charge is 0.321 e. The lowest BCUT2D eigenvalue weighted by Crippen LogP contribution is -2.38. The van der Waals surface area contributed by atoms with Crippen LogP contribution in [0.4, 0.5) is 4.39 Å². The van der Waals surface area contributed by atoms with Gasteiger partial charge in [0.25, 0.3) is 0 Å². The molecule has 0 bridgehead atoms. The lowest BCUT2D eigenvalue weighted by Gasteiger charge is -2.17. The quantitative estimate of drug-likeness (QED) is 0.244. The molecular weight excluding hydrogens is 511 g/mol. The van der Waals surface area contributed by atoms with E-state index >= 15 is 0 Å². The fraction of sp³-hybridized carbons (Fsp3) is 0.160. The number of benzene rings is 3. The van der Waals surface area contributed by atoms with Crippen molar-refractivity contribution in [2.24, 2.45) is 0 Å². The Morgan fingerprint density at radius 1 is 1.12 bits per heavy atom. The maximum atomic E-state index is 13.3. The van der Waals surface area contributed by atoms with Gasteiger partial charge in [0.1, 0.15) is 24.2 Å². The van der Waals surface area contributed by atoms with Gasteiger partial charge in [0.05, 0.1) is 5.02 Å². The summed E-state index contributed by atoms with van der Waals surface area (Å²) < 4.78 is 20.1. The SMILES string of the molecule is O=C(O)C(Cc1c[nH]c2ccccc12)NCc1cc(Br)ccc1OCc1ccc(F)cc1Cl. The van der Waals surface area contributed by atoms with E-state index in [1.165, 1.54) is 12.1 Å². The van der Waals surface area contributed by atoms with Crippen LogP contribution >= 0.6 is 27.5 Å². The van der Waals surface area contributed by atoms with Gasteiger partial charge >= 0.3 is 5.97 Å². The highest BCUT2D eigenvalue weighted by atomic mass is 79.9. The molecule has 1 aromatic heterocycles. The number of hydrogen-bond acceptors (Lipinski definition) is 3. The topological polar surface area (TPSA) is 74.3 Å². The van der Waals surface area contributed by atoms with Crippen molar-refractivity contribution in [1.82, 2.24) is 10.3 Å². The standard InChI is InChI=1S/C25H21BrClFN2O3/c26-18-6-8-24(33-14-15-5-7-19(28)11-21(15)27)17(9-18)13-30-23(25(31)32)10-16-12-29-22-4-2-1-3-20(16)22/h1-9,11-12,23,29-30H,10,13-14H2,(H,31,32). The number of fused-ring (bicyclic) bond motifs is 1. The van der Waals surface area contributed by atoms with E-state index in [1.807, 2.05) is 42.6 Å². The van der Waals surface area contributed by atoms with Gasteiger partial charge in [-0.05, 0) is 42.0 Å². The van der Waals surface area contributed by atoms with Crippen LogP contribution in [-0.2, 0) is 24.4 Å². The third-order valence-electron chi connectivity index (χ3n) is 5.36.